The first kappa shape index (κ1) is 13.4. The Morgan fingerprint density at radius 3 is 2.89 bits per heavy atom. The summed E-state index contributed by atoms with van der Waals surface area (Å²) in [5, 5.41) is 3.33. The Labute approximate surface area is 111 Å². The van der Waals surface area contributed by atoms with Crippen LogP contribution in [0.5, 0.6) is 5.75 Å². The highest BCUT2D eigenvalue weighted by Gasteiger charge is 2.28. The predicted molar refractivity (Wildman–Crippen MR) is 76.4 cm³/mol. The smallest absolute Gasteiger partial charge is 0.126 e. The van der Waals surface area contributed by atoms with E-state index in [1.54, 1.807) is 0 Å². The van der Waals surface area contributed by atoms with E-state index in [2.05, 4.69) is 44.3 Å². The molecule has 0 saturated carbocycles. The van der Waals surface area contributed by atoms with Crippen molar-refractivity contribution < 1.29 is 4.74 Å². The van der Waals surface area contributed by atoms with Crippen molar-refractivity contribution in [2.75, 3.05) is 13.7 Å². The number of aryl methyl sites for hydroxylation is 1. The summed E-state index contributed by atoms with van der Waals surface area (Å²) in [5.41, 5.74) is 2.89. The summed E-state index contributed by atoms with van der Waals surface area (Å²) >= 11 is 0. The zero-order chi connectivity index (χ0) is 13.2. The molecule has 0 saturated heterocycles. The van der Waals surface area contributed by atoms with Gasteiger partial charge in [-0.25, -0.2) is 0 Å². The SMILES string of the molecule is CNC(C)CC(C)(C)c1cccc2c1OCCC2. The van der Waals surface area contributed by atoms with E-state index in [9.17, 15) is 0 Å². The Morgan fingerprint density at radius 1 is 1.39 bits per heavy atom. The van der Waals surface area contributed by atoms with E-state index in [0.717, 1.165) is 31.6 Å². The van der Waals surface area contributed by atoms with Gasteiger partial charge in [-0.1, -0.05) is 32.0 Å². The van der Waals surface area contributed by atoms with Crippen LogP contribution in [0.15, 0.2) is 18.2 Å². The third-order valence-corrected chi connectivity index (χ3v) is 3.97. The second kappa shape index (κ2) is 5.31. The molecule has 1 N–H and O–H groups in total. The van der Waals surface area contributed by atoms with Gasteiger partial charge in [-0.15, -0.1) is 0 Å². The summed E-state index contributed by atoms with van der Waals surface area (Å²) in [6, 6.07) is 7.12. The third-order valence-electron chi connectivity index (χ3n) is 3.97. The average Bonchev–Trinajstić information content (AvgIpc) is 2.37. The van der Waals surface area contributed by atoms with Crippen LogP contribution in [0.3, 0.4) is 0 Å². The fraction of sp³-hybridized carbons (Fsp3) is 0.625. The molecule has 2 nitrogen and oxygen atoms in total. The van der Waals surface area contributed by atoms with Gasteiger partial charge < -0.3 is 10.1 Å². The lowest BCUT2D eigenvalue weighted by Gasteiger charge is -2.32. The molecule has 100 valence electrons. The molecule has 1 aliphatic rings. The number of nitrogens with one attached hydrogen (secondary N) is 1. The molecule has 2 heteroatoms. The minimum absolute atomic E-state index is 0.144. The van der Waals surface area contributed by atoms with Crippen molar-refractivity contribution in [2.45, 2.75) is 51.5 Å². The van der Waals surface area contributed by atoms with E-state index in [1.807, 2.05) is 7.05 Å². The maximum absolute atomic E-state index is 5.94. The lowest BCUT2D eigenvalue weighted by molar-refractivity contribution is 0.275. The molecule has 1 atom stereocenters. The van der Waals surface area contributed by atoms with Crippen LogP contribution in [0, 0.1) is 0 Å². The summed E-state index contributed by atoms with van der Waals surface area (Å²) in [5.74, 6) is 1.15. The van der Waals surface area contributed by atoms with Crippen LogP contribution < -0.4 is 10.1 Å². The van der Waals surface area contributed by atoms with Gasteiger partial charge in [-0.3, -0.25) is 0 Å². The van der Waals surface area contributed by atoms with Crippen LogP contribution >= 0.6 is 0 Å². The average molecular weight is 247 g/mol. The van der Waals surface area contributed by atoms with Crippen LogP contribution in [-0.2, 0) is 11.8 Å². The Morgan fingerprint density at radius 2 is 2.17 bits per heavy atom. The Bertz CT molecular complexity index is 412. The van der Waals surface area contributed by atoms with Crippen molar-refractivity contribution >= 4 is 0 Å². The molecule has 0 amide bonds. The lowest BCUT2D eigenvalue weighted by atomic mass is 9.77. The first-order valence-electron chi connectivity index (χ1n) is 6.97. The minimum atomic E-state index is 0.144. The van der Waals surface area contributed by atoms with Crippen molar-refractivity contribution in [1.29, 1.82) is 0 Å². The normalized spacial score (nSPS) is 16.9. The van der Waals surface area contributed by atoms with Gasteiger partial charge in [0.15, 0.2) is 0 Å². The number of hydrogen-bond acceptors (Lipinski definition) is 2. The molecule has 1 aromatic carbocycles. The van der Waals surface area contributed by atoms with Gasteiger partial charge in [0, 0.05) is 11.6 Å². The number of para-hydroxylation sites is 1. The highest BCUT2D eigenvalue weighted by atomic mass is 16.5. The Hall–Kier alpha value is -1.02. The fourth-order valence-corrected chi connectivity index (χ4v) is 2.90. The molecule has 2 rings (SSSR count). The van der Waals surface area contributed by atoms with E-state index in [1.165, 1.54) is 11.1 Å². The molecule has 0 fully saturated rings. The van der Waals surface area contributed by atoms with Gasteiger partial charge >= 0.3 is 0 Å². The van der Waals surface area contributed by atoms with Gasteiger partial charge in [-0.05, 0) is 44.2 Å². The quantitative estimate of drug-likeness (QED) is 0.881. The number of benzene rings is 1. The fourth-order valence-electron chi connectivity index (χ4n) is 2.90. The molecule has 1 unspecified atom stereocenters. The minimum Gasteiger partial charge on any atom is -0.493 e. The maximum Gasteiger partial charge on any atom is 0.126 e. The molecule has 0 aromatic heterocycles. The van der Waals surface area contributed by atoms with Crippen molar-refractivity contribution in [2.24, 2.45) is 0 Å². The molecule has 1 heterocycles. The standard InChI is InChI=1S/C16H25NO/c1-12(17-4)11-16(2,3)14-9-5-7-13-8-6-10-18-15(13)14/h5,7,9,12,17H,6,8,10-11H2,1-4H3. The molecular formula is C16H25NO. The topological polar surface area (TPSA) is 21.3 Å². The molecule has 1 aliphatic heterocycles. The van der Waals surface area contributed by atoms with E-state index >= 15 is 0 Å². The summed E-state index contributed by atoms with van der Waals surface area (Å²) in [7, 11) is 2.03. The van der Waals surface area contributed by atoms with Crippen molar-refractivity contribution in [3.63, 3.8) is 0 Å². The number of fused-ring (bicyclic) bond motifs is 1. The van der Waals surface area contributed by atoms with Crippen LogP contribution in [0.25, 0.3) is 0 Å². The molecular weight excluding hydrogens is 222 g/mol. The Balaban J connectivity index is 2.32. The first-order valence-corrected chi connectivity index (χ1v) is 6.97. The predicted octanol–water partition coefficient (Wildman–Crippen LogP) is 3.29. The van der Waals surface area contributed by atoms with Crippen molar-refractivity contribution in [3.8, 4) is 5.75 Å². The van der Waals surface area contributed by atoms with Gasteiger partial charge in [0.05, 0.1) is 6.61 Å². The number of hydrogen-bond donors (Lipinski definition) is 1. The zero-order valence-corrected chi connectivity index (χ0v) is 12.0. The molecule has 0 spiro atoms. The van der Waals surface area contributed by atoms with Gasteiger partial charge in [-0.2, -0.15) is 0 Å². The van der Waals surface area contributed by atoms with Gasteiger partial charge in [0.25, 0.3) is 0 Å². The van der Waals surface area contributed by atoms with Gasteiger partial charge in [0.1, 0.15) is 5.75 Å². The Kier molecular flexibility index (Phi) is 3.96. The lowest BCUT2D eigenvalue weighted by Crippen LogP contribution is -2.31. The second-order valence-electron chi connectivity index (χ2n) is 6.02. The van der Waals surface area contributed by atoms with Crippen LogP contribution in [0.4, 0.5) is 0 Å². The van der Waals surface area contributed by atoms with Gasteiger partial charge in [0.2, 0.25) is 0 Å². The summed E-state index contributed by atoms with van der Waals surface area (Å²) in [6.07, 6.45) is 3.41. The second-order valence-corrected chi connectivity index (χ2v) is 6.02. The molecule has 0 aliphatic carbocycles. The third kappa shape index (κ3) is 2.69. The highest BCUT2D eigenvalue weighted by Crippen LogP contribution is 2.39. The zero-order valence-electron chi connectivity index (χ0n) is 12.0. The van der Waals surface area contributed by atoms with E-state index in [4.69, 9.17) is 4.74 Å². The summed E-state index contributed by atoms with van der Waals surface area (Å²) in [4.78, 5) is 0. The first-order chi connectivity index (χ1) is 8.54. The largest absolute Gasteiger partial charge is 0.493 e. The van der Waals surface area contributed by atoms with E-state index in [0.29, 0.717) is 6.04 Å². The highest BCUT2D eigenvalue weighted by molar-refractivity contribution is 5.46. The molecule has 1 aromatic rings. The van der Waals surface area contributed by atoms with Crippen LogP contribution in [0.2, 0.25) is 0 Å². The summed E-state index contributed by atoms with van der Waals surface area (Å²) < 4.78 is 5.94. The monoisotopic (exact) mass is 247 g/mol. The van der Waals surface area contributed by atoms with Crippen LogP contribution in [0.1, 0.15) is 44.7 Å². The van der Waals surface area contributed by atoms with Crippen LogP contribution in [-0.4, -0.2) is 19.7 Å². The number of ether oxygens (including phenoxy) is 1. The van der Waals surface area contributed by atoms with E-state index in [-0.39, 0.29) is 5.41 Å². The summed E-state index contributed by atoms with van der Waals surface area (Å²) in [6.45, 7) is 7.72. The van der Waals surface area contributed by atoms with Crippen molar-refractivity contribution in [1.82, 2.24) is 5.32 Å². The number of rotatable bonds is 4. The molecule has 0 radical (unpaired) electrons. The van der Waals surface area contributed by atoms with E-state index < -0.39 is 0 Å². The molecule has 18 heavy (non-hydrogen) atoms. The molecule has 0 bridgehead atoms. The maximum atomic E-state index is 5.94. The van der Waals surface area contributed by atoms with Crippen molar-refractivity contribution in [3.05, 3.63) is 29.3 Å².